The molecule has 2 aromatic heterocycles. The number of nitrogens with two attached hydrogens (primary N) is 1. The minimum atomic E-state index is 0.219. The first-order chi connectivity index (χ1) is 7.79. The van der Waals surface area contributed by atoms with E-state index in [9.17, 15) is 0 Å². The van der Waals surface area contributed by atoms with Crippen molar-refractivity contribution in [1.82, 2.24) is 15.0 Å². The number of rotatable bonds is 2. The SMILES string of the molecule is N#Cc1cnc(Cc2cccnc2)nc1N. The minimum absolute atomic E-state index is 0.219. The molecule has 2 aromatic rings. The number of nitriles is 1. The summed E-state index contributed by atoms with van der Waals surface area (Å²) in [7, 11) is 0. The van der Waals surface area contributed by atoms with Crippen molar-refractivity contribution in [2.75, 3.05) is 5.73 Å². The first kappa shape index (κ1) is 10.1. The molecular weight excluding hydrogens is 202 g/mol. The third-order valence-corrected chi connectivity index (χ3v) is 2.07. The van der Waals surface area contributed by atoms with Gasteiger partial charge in [-0.1, -0.05) is 6.07 Å². The van der Waals surface area contributed by atoms with Crippen LogP contribution < -0.4 is 5.73 Å². The molecule has 2 rings (SSSR count). The maximum Gasteiger partial charge on any atom is 0.145 e. The Morgan fingerprint density at radius 1 is 1.38 bits per heavy atom. The van der Waals surface area contributed by atoms with Crippen LogP contribution in [0.2, 0.25) is 0 Å². The largest absolute Gasteiger partial charge is 0.382 e. The average molecular weight is 211 g/mol. The molecule has 0 atom stereocenters. The zero-order valence-electron chi connectivity index (χ0n) is 8.46. The van der Waals surface area contributed by atoms with Crippen LogP contribution in [0.3, 0.4) is 0 Å². The van der Waals surface area contributed by atoms with Crippen LogP contribution in [0.15, 0.2) is 30.7 Å². The maximum atomic E-state index is 8.68. The van der Waals surface area contributed by atoms with Crippen molar-refractivity contribution in [3.05, 3.63) is 47.7 Å². The van der Waals surface area contributed by atoms with E-state index < -0.39 is 0 Å². The number of nitrogens with zero attached hydrogens (tertiary/aromatic N) is 4. The lowest BCUT2D eigenvalue weighted by Gasteiger charge is -2.01. The standard InChI is InChI=1S/C11H9N5/c12-5-9-7-15-10(16-11(9)13)4-8-2-1-3-14-6-8/h1-3,6-7H,4H2,(H2,13,15,16). The predicted octanol–water partition coefficient (Wildman–Crippen LogP) is 0.916. The smallest absolute Gasteiger partial charge is 0.145 e. The Morgan fingerprint density at radius 2 is 2.25 bits per heavy atom. The summed E-state index contributed by atoms with van der Waals surface area (Å²) in [6.07, 6.45) is 5.45. The lowest BCUT2D eigenvalue weighted by Crippen LogP contribution is -2.02. The molecule has 16 heavy (non-hydrogen) atoms. The molecule has 0 unspecified atom stereocenters. The molecule has 0 bridgehead atoms. The van der Waals surface area contributed by atoms with Crippen LogP contribution in [0.25, 0.3) is 0 Å². The summed E-state index contributed by atoms with van der Waals surface area (Å²) in [5.74, 6) is 0.806. The average Bonchev–Trinajstić information content (AvgIpc) is 2.31. The Bertz CT molecular complexity index is 530. The van der Waals surface area contributed by atoms with Gasteiger partial charge in [-0.05, 0) is 11.6 Å². The van der Waals surface area contributed by atoms with Crippen molar-refractivity contribution in [3.63, 3.8) is 0 Å². The highest BCUT2D eigenvalue weighted by Gasteiger charge is 2.04. The van der Waals surface area contributed by atoms with E-state index in [4.69, 9.17) is 11.0 Å². The van der Waals surface area contributed by atoms with Crippen LogP contribution >= 0.6 is 0 Å². The monoisotopic (exact) mass is 211 g/mol. The number of nitrogen functional groups attached to an aromatic ring is 1. The van der Waals surface area contributed by atoms with Gasteiger partial charge >= 0.3 is 0 Å². The molecule has 0 aliphatic carbocycles. The number of pyridine rings is 1. The second-order valence-electron chi connectivity index (χ2n) is 3.23. The molecule has 0 aliphatic rings. The molecule has 0 spiro atoms. The van der Waals surface area contributed by atoms with Gasteiger partial charge < -0.3 is 5.73 Å². The third-order valence-electron chi connectivity index (χ3n) is 2.07. The molecule has 0 radical (unpaired) electrons. The lowest BCUT2D eigenvalue weighted by atomic mass is 10.2. The normalized spacial score (nSPS) is 9.69. The van der Waals surface area contributed by atoms with Gasteiger partial charge in [-0.15, -0.1) is 0 Å². The maximum absolute atomic E-state index is 8.68. The molecule has 5 heteroatoms. The number of aromatic nitrogens is 3. The quantitative estimate of drug-likeness (QED) is 0.797. The third kappa shape index (κ3) is 2.12. The second kappa shape index (κ2) is 4.36. The summed E-state index contributed by atoms with van der Waals surface area (Å²) >= 11 is 0. The van der Waals surface area contributed by atoms with Crippen molar-refractivity contribution < 1.29 is 0 Å². The van der Waals surface area contributed by atoms with Crippen LogP contribution in [0.1, 0.15) is 17.0 Å². The molecule has 5 nitrogen and oxygen atoms in total. The van der Waals surface area contributed by atoms with Gasteiger partial charge in [-0.2, -0.15) is 5.26 Å². The summed E-state index contributed by atoms with van der Waals surface area (Å²) in [4.78, 5) is 12.1. The fourth-order valence-electron chi connectivity index (χ4n) is 1.29. The van der Waals surface area contributed by atoms with Crippen molar-refractivity contribution in [1.29, 1.82) is 5.26 Å². The van der Waals surface area contributed by atoms with Crippen molar-refractivity contribution >= 4 is 5.82 Å². The number of hydrogen-bond acceptors (Lipinski definition) is 5. The first-order valence-electron chi connectivity index (χ1n) is 4.70. The molecule has 78 valence electrons. The van der Waals surface area contributed by atoms with Gasteiger partial charge in [0.25, 0.3) is 0 Å². The Kier molecular flexibility index (Phi) is 2.74. The highest BCUT2D eigenvalue weighted by molar-refractivity contribution is 5.46. The van der Waals surface area contributed by atoms with Crippen LogP contribution in [0.4, 0.5) is 5.82 Å². The fourth-order valence-corrected chi connectivity index (χ4v) is 1.29. The fraction of sp³-hybridized carbons (Fsp3) is 0.0909. The van der Waals surface area contributed by atoms with Gasteiger partial charge in [-0.3, -0.25) is 4.98 Å². The van der Waals surface area contributed by atoms with Gasteiger partial charge in [0.2, 0.25) is 0 Å². The predicted molar refractivity (Wildman–Crippen MR) is 58.2 cm³/mol. The van der Waals surface area contributed by atoms with Crippen molar-refractivity contribution in [2.45, 2.75) is 6.42 Å². The molecular formula is C11H9N5. The summed E-state index contributed by atoms with van der Waals surface area (Å²) in [5, 5.41) is 8.68. The van der Waals surface area contributed by atoms with Gasteiger partial charge in [0.05, 0.1) is 6.20 Å². The molecule has 0 fully saturated rings. The zero-order chi connectivity index (χ0) is 11.4. The summed E-state index contributed by atoms with van der Waals surface area (Å²) in [6.45, 7) is 0. The van der Waals surface area contributed by atoms with E-state index >= 15 is 0 Å². The molecule has 2 N–H and O–H groups in total. The Morgan fingerprint density at radius 3 is 2.88 bits per heavy atom. The molecule has 0 saturated heterocycles. The van der Waals surface area contributed by atoms with E-state index in [2.05, 4.69) is 15.0 Å². The van der Waals surface area contributed by atoms with E-state index in [0.29, 0.717) is 17.8 Å². The van der Waals surface area contributed by atoms with Crippen molar-refractivity contribution in [2.24, 2.45) is 0 Å². The van der Waals surface area contributed by atoms with E-state index in [1.807, 2.05) is 18.2 Å². The molecule has 0 amide bonds. The van der Waals surface area contributed by atoms with Crippen molar-refractivity contribution in [3.8, 4) is 6.07 Å². The Labute approximate surface area is 92.6 Å². The molecule has 2 heterocycles. The van der Waals surface area contributed by atoms with E-state index in [1.54, 1.807) is 12.4 Å². The number of hydrogen-bond donors (Lipinski definition) is 1. The highest BCUT2D eigenvalue weighted by atomic mass is 14.9. The zero-order valence-corrected chi connectivity index (χ0v) is 8.46. The minimum Gasteiger partial charge on any atom is -0.382 e. The molecule has 0 aromatic carbocycles. The topological polar surface area (TPSA) is 88.5 Å². The van der Waals surface area contributed by atoms with Gasteiger partial charge in [0, 0.05) is 18.8 Å². The highest BCUT2D eigenvalue weighted by Crippen LogP contribution is 2.08. The van der Waals surface area contributed by atoms with Gasteiger partial charge in [0.1, 0.15) is 23.3 Å². The van der Waals surface area contributed by atoms with Crippen LogP contribution in [-0.4, -0.2) is 15.0 Å². The summed E-state index contributed by atoms with van der Waals surface area (Å²) in [5.41, 5.74) is 6.90. The van der Waals surface area contributed by atoms with E-state index in [-0.39, 0.29) is 5.82 Å². The first-order valence-corrected chi connectivity index (χ1v) is 4.70. The summed E-state index contributed by atoms with van der Waals surface area (Å²) < 4.78 is 0. The van der Waals surface area contributed by atoms with Crippen LogP contribution in [-0.2, 0) is 6.42 Å². The van der Waals surface area contributed by atoms with Gasteiger partial charge in [-0.25, -0.2) is 9.97 Å². The van der Waals surface area contributed by atoms with Crippen LogP contribution in [0.5, 0.6) is 0 Å². The molecule has 0 saturated carbocycles. The lowest BCUT2D eigenvalue weighted by molar-refractivity contribution is 0.963. The van der Waals surface area contributed by atoms with E-state index in [1.165, 1.54) is 6.20 Å². The van der Waals surface area contributed by atoms with Crippen LogP contribution in [0, 0.1) is 11.3 Å². The number of anilines is 1. The Balaban J connectivity index is 2.24. The van der Waals surface area contributed by atoms with E-state index in [0.717, 1.165) is 5.56 Å². The second-order valence-corrected chi connectivity index (χ2v) is 3.23. The Hall–Kier alpha value is -2.48. The molecule has 0 aliphatic heterocycles. The van der Waals surface area contributed by atoms with Gasteiger partial charge in [0.15, 0.2) is 0 Å². The summed E-state index contributed by atoms with van der Waals surface area (Å²) in [6, 6.07) is 5.71.